The maximum absolute atomic E-state index is 10.3. The van der Waals surface area contributed by atoms with Gasteiger partial charge in [-0.15, -0.1) is 0 Å². The zero-order chi connectivity index (χ0) is 27.2. The third kappa shape index (κ3) is 6.88. The lowest BCUT2D eigenvalue weighted by molar-refractivity contribution is -0.0245. The summed E-state index contributed by atoms with van der Waals surface area (Å²) in [4.78, 5) is 0. The fourth-order valence-electron chi connectivity index (χ4n) is 8.32. The number of fused-ring (bicyclic) bond motifs is 1. The van der Waals surface area contributed by atoms with Crippen LogP contribution in [0, 0.1) is 40.4 Å². The Hall–Kier alpha value is -0.156. The van der Waals surface area contributed by atoms with Gasteiger partial charge in [-0.05, 0) is 112 Å². The van der Waals surface area contributed by atoms with Gasteiger partial charge in [0.2, 0.25) is 0 Å². The minimum absolute atomic E-state index is 0.117. The lowest BCUT2D eigenvalue weighted by atomic mass is 9.60. The second kappa shape index (κ2) is 13.3. The molecule has 0 aromatic rings. The molecule has 2 aliphatic carbocycles. The summed E-state index contributed by atoms with van der Waals surface area (Å²) in [7, 11) is -3.26. The smallest absolute Gasteiger partial charge is 0.192 e. The van der Waals surface area contributed by atoms with Gasteiger partial charge in [-0.3, -0.25) is 0 Å². The second-order valence-electron chi connectivity index (χ2n) is 13.3. The third-order valence-corrected chi connectivity index (χ3v) is 20.9. The van der Waals surface area contributed by atoms with Crippen molar-refractivity contribution in [1.82, 2.24) is 0 Å². The van der Waals surface area contributed by atoms with Crippen LogP contribution < -0.4 is 0 Å². The second-order valence-corrected chi connectivity index (χ2v) is 22.7. The van der Waals surface area contributed by atoms with E-state index in [9.17, 15) is 5.26 Å². The lowest BCUT2D eigenvalue weighted by Crippen LogP contribution is -2.49. The summed E-state index contributed by atoms with van der Waals surface area (Å²) in [5.74, 6) is 1.88. The summed E-state index contributed by atoms with van der Waals surface area (Å²) < 4.78 is 14.0. The predicted octanol–water partition coefficient (Wildman–Crippen LogP) is 9.95. The first kappa shape index (κ1) is 32.1. The number of hydrogen-bond acceptors (Lipinski definition) is 3. The molecular weight excluding hydrogens is 475 g/mol. The Morgan fingerprint density at radius 3 is 1.97 bits per heavy atom. The van der Waals surface area contributed by atoms with Crippen LogP contribution in [-0.4, -0.2) is 28.3 Å². The highest BCUT2D eigenvalue weighted by Gasteiger charge is 2.55. The van der Waals surface area contributed by atoms with Crippen molar-refractivity contribution in [3.8, 4) is 6.07 Å². The molecule has 0 N–H and O–H groups in total. The van der Waals surface area contributed by atoms with Crippen LogP contribution in [0.4, 0.5) is 0 Å². The Morgan fingerprint density at radius 1 is 0.917 bits per heavy atom. The molecule has 2 saturated carbocycles. The van der Waals surface area contributed by atoms with Crippen LogP contribution in [0.15, 0.2) is 0 Å². The zero-order valence-corrected chi connectivity index (χ0v) is 27.8. The molecule has 2 rings (SSSR count). The molecule has 3 unspecified atom stereocenters. The quantitative estimate of drug-likeness (QED) is 0.196. The average Bonchev–Trinajstić information content (AvgIpc) is 3.24. The molecule has 0 aromatic heterocycles. The molecule has 0 radical (unpaired) electrons. The standard InChI is InChI=1S/C31H61NO2Si2/c1-11-35(12-2,13-3)33-29-18-17-22-31(10)27(19-20-28(29)31)25(7)26(24-32)21-23-30(8,9)34-36(14-4,15-5)16-6/h25-29H,11-23H2,1-10H3/t25-,26?,27?,28?,29-,31+/m0/s1. The van der Waals surface area contributed by atoms with Crippen molar-refractivity contribution in [3.63, 3.8) is 0 Å². The molecule has 2 aliphatic rings. The number of hydrogen-bond donors (Lipinski definition) is 0. The van der Waals surface area contributed by atoms with Crippen LogP contribution in [0.25, 0.3) is 0 Å². The fraction of sp³-hybridized carbons (Fsp3) is 0.968. The minimum Gasteiger partial charge on any atom is -0.414 e. The number of rotatable bonds is 15. The summed E-state index contributed by atoms with van der Waals surface area (Å²) in [6.07, 6.45) is 8.83. The van der Waals surface area contributed by atoms with Gasteiger partial charge in [0, 0.05) is 12.0 Å². The SMILES string of the molecule is CC[Si](CC)(CC)O[C@H]1CCC[C@]2(C)C([C@@H](C)C(C#N)CCC(C)(C)O[Si](CC)(CC)CC)CCC12. The van der Waals surface area contributed by atoms with Gasteiger partial charge in [0.25, 0.3) is 0 Å². The first-order valence-corrected chi connectivity index (χ1v) is 20.8. The van der Waals surface area contributed by atoms with Gasteiger partial charge < -0.3 is 8.85 Å². The lowest BCUT2D eigenvalue weighted by Gasteiger charge is -2.49. The molecule has 0 spiro atoms. The monoisotopic (exact) mass is 535 g/mol. The molecule has 0 saturated heterocycles. The van der Waals surface area contributed by atoms with E-state index in [2.05, 4.69) is 75.3 Å². The maximum Gasteiger partial charge on any atom is 0.192 e. The molecule has 0 heterocycles. The molecule has 0 aliphatic heterocycles. The molecule has 6 atom stereocenters. The maximum atomic E-state index is 10.3. The van der Waals surface area contributed by atoms with Crippen LogP contribution in [-0.2, 0) is 8.85 Å². The van der Waals surface area contributed by atoms with Gasteiger partial charge in [0.15, 0.2) is 16.6 Å². The minimum atomic E-state index is -1.65. The van der Waals surface area contributed by atoms with E-state index in [1.807, 2.05) is 0 Å². The van der Waals surface area contributed by atoms with Crippen LogP contribution in [0.1, 0.15) is 114 Å². The van der Waals surface area contributed by atoms with E-state index in [4.69, 9.17) is 8.85 Å². The highest BCUT2D eigenvalue weighted by Crippen LogP contribution is 2.60. The van der Waals surface area contributed by atoms with E-state index >= 15 is 0 Å². The molecule has 0 amide bonds. The predicted molar refractivity (Wildman–Crippen MR) is 160 cm³/mol. The molecule has 0 bridgehead atoms. The Kier molecular flexibility index (Phi) is 11.8. The Balaban J connectivity index is 2.12. The first-order chi connectivity index (χ1) is 16.9. The van der Waals surface area contributed by atoms with Crippen molar-refractivity contribution >= 4 is 16.6 Å². The van der Waals surface area contributed by atoms with Gasteiger partial charge in [-0.2, -0.15) is 5.26 Å². The normalized spacial score (nSPS) is 29.0. The van der Waals surface area contributed by atoms with E-state index in [0.29, 0.717) is 29.3 Å². The van der Waals surface area contributed by atoms with Crippen molar-refractivity contribution in [2.24, 2.45) is 29.1 Å². The summed E-state index contributed by atoms with van der Waals surface area (Å²) in [5, 5.41) is 10.3. The number of nitriles is 1. The average molecular weight is 536 g/mol. The highest BCUT2D eigenvalue weighted by atomic mass is 28.4. The third-order valence-electron chi connectivity index (χ3n) is 11.4. The van der Waals surface area contributed by atoms with E-state index in [1.165, 1.54) is 68.4 Å². The van der Waals surface area contributed by atoms with Crippen LogP contribution in [0.2, 0.25) is 36.3 Å². The van der Waals surface area contributed by atoms with E-state index in [1.54, 1.807) is 0 Å². The van der Waals surface area contributed by atoms with Gasteiger partial charge in [-0.25, -0.2) is 0 Å². The van der Waals surface area contributed by atoms with Crippen molar-refractivity contribution in [2.75, 3.05) is 0 Å². The molecular formula is C31H61NO2Si2. The largest absolute Gasteiger partial charge is 0.414 e. The van der Waals surface area contributed by atoms with Gasteiger partial charge >= 0.3 is 0 Å². The van der Waals surface area contributed by atoms with Crippen LogP contribution in [0.3, 0.4) is 0 Å². The highest BCUT2D eigenvalue weighted by molar-refractivity contribution is 6.74. The van der Waals surface area contributed by atoms with Gasteiger partial charge in [0.1, 0.15) is 0 Å². The van der Waals surface area contributed by atoms with Crippen molar-refractivity contribution in [3.05, 3.63) is 0 Å². The van der Waals surface area contributed by atoms with Crippen molar-refractivity contribution < 1.29 is 8.85 Å². The fourth-order valence-corrected chi connectivity index (χ4v) is 14.4. The molecule has 210 valence electrons. The summed E-state index contributed by atoms with van der Waals surface area (Å²) in [6, 6.07) is 10.1. The zero-order valence-electron chi connectivity index (χ0n) is 25.8. The van der Waals surface area contributed by atoms with E-state index in [-0.39, 0.29) is 11.5 Å². The van der Waals surface area contributed by atoms with Gasteiger partial charge in [-0.1, -0.05) is 61.8 Å². The summed E-state index contributed by atoms with van der Waals surface area (Å²) in [5.41, 5.74) is 0.191. The number of nitrogens with zero attached hydrogens (tertiary/aromatic N) is 1. The molecule has 3 nitrogen and oxygen atoms in total. The Morgan fingerprint density at radius 2 is 1.47 bits per heavy atom. The van der Waals surface area contributed by atoms with Crippen molar-refractivity contribution in [2.45, 2.75) is 162 Å². The molecule has 5 heteroatoms. The first-order valence-electron chi connectivity index (χ1n) is 15.7. The van der Waals surface area contributed by atoms with E-state index in [0.717, 1.165) is 12.8 Å². The molecule has 36 heavy (non-hydrogen) atoms. The Bertz CT molecular complexity index is 695. The van der Waals surface area contributed by atoms with Crippen LogP contribution in [0.5, 0.6) is 0 Å². The molecule has 0 aromatic carbocycles. The molecule has 2 fully saturated rings. The van der Waals surface area contributed by atoms with Crippen molar-refractivity contribution in [1.29, 1.82) is 5.26 Å². The topological polar surface area (TPSA) is 42.2 Å². The van der Waals surface area contributed by atoms with Crippen LogP contribution >= 0.6 is 0 Å². The summed E-state index contributed by atoms with van der Waals surface area (Å²) >= 11 is 0. The Labute approximate surface area is 227 Å². The van der Waals surface area contributed by atoms with Gasteiger partial charge in [0.05, 0.1) is 11.7 Å². The van der Waals surface area contributed by atoms with E-state index < -0.39 is 16.6 Å². The summed E-state index contributed by atoms with van der Waals surface area (Å²) in [6.45, 7) is 23.5.